The van der Waals surface area contributed by atoms with Gasteiger partial charge >= 0.3 is 5.97 Å². The molecule has 0 aliphatic heterocycles. The summed E-state index contributed by atoms with van der Waals surface area (Å²) in [6, 6.07) is 18.8. The predicted octanol–water partition coefficient (Wildman–Crippen LogP) is 4.93. The number of non-ortho nitro benzene ring substituents is 1. The number of hydrogen-bond acceptors (Lipinski definition) is 6. The van der Waals surface area contributed by atoms with Gasteiger partial charge in [0.1, 0.15) is 0 Å². The molecule has 3 rings (SSSR count). The van der Waals surface area contributed by atoms with Gasteiger partial charge in [-0.3, -0.25) is 14.9 Å². The van der Waals surface area contributed by atoms with Crippen LogP contribution in [0.4, 0.5) is 11.4 Å². The lowest BCUT2D eigenvalue weighted by molar-refractivity contribution is -0.384. The van der Waals surface area contributed by atoms with E-state index in [1.807, 2.05) is 0 Å². The first kappa shape index (κ1) is 22.9. The van der Waals surface area contributed by atoms with E-state index in [1.54, 1.807) is 61.7 Å². The molecule has 0 aliphatic rings. The second-order valence-corrected chi connectivity index (χ2v) is 7.14. The number of nitro groups is 1. The van der Waals surface area contributed by atoms with Crippen LogP contribution in [0.5, 0.6) is 0 Å². The number of nitrogens with one attached hydrogen (secondary N) is 1. The van der Waals surface area contributed by atoms with Crippen molar-refractivity contribution in [2.75, 3.05) is 12.4 Å². The fraction of sp³-hybridized carbons (Fsp3) is 0.130. The number of halogens is 1. The summed E-state index contributed by atoms with van der Waals surface area (Å²) in [5, 5.41) is 13.4. The molecule has 3 aromatic carbocycles. The monoisotopic (exact) mass is 454 g/mol. The maximum Gasteiger partial charge on any atom is 0.339 e. The minimum atomic E-state index is -1.27. The lowest BCUT2D eigenvalue weighted by atomic mass is 10.1. The molecule has 0 spiro atoms. The molecule has 8 nitrogen and oxygen atoms in total. The van der Waals surface area contributed by atoms with Crippen LogP contribution < -0.4 is 5.32 Å². The van der Waals surface area contributed by atoms with Gasteiger partial charge in [-0.05, 0) is 23.8 Å². The molecular weight excluding hydrogens is 436 g/mol. The van der Waals surface area contributed by atoms with Crippen LogP contribution in [-0.4, -0.2) is 23.9 Å². The van der Waals surface area contributed by atoms with Crippen LogP contribution in [-0.2, 0) is 20.9 Å². The Labute approximate surface area is 188 Å². The van der Waals surface area contributed by atoms with Crippen molar-refractivity contribution >= 4 is 34.9 Å². The lowest BCUT2D eigenvalue weighted by Crippen LogP contribution is -2.26. The molecule has 0 aliphatic carbocycles. The Morgan fingerprint density at radius 3 is 2.34 bits per heavy atom. The van der Waals surface area contributed by atoms with E-state index in [4.69, 9.17) is 21.1 Å². The van der Waals surface area contributed by atoms with Gasteiger partial charge in [0.15, 0.2) is 0 Å². The minimum Gasteiger partial charge on any atom is -0.444 e. The number of ether oxygens (including phenoxy) is 2. The number of methoxy groups -OCH3 is 1. The summed E-state index contributed by atoms with van der Waals surface area (Å²) in [6.45, 7) is 0.403. The van der Waals surface area contributed by atoms with Crippen LogP contribution in [0.1, 0.15) is 27.6 Å². The molecule has 1 N–H and O–H groups in total. The average Bonchev–Trinajstić information content (AvgIpc) is 2.79. The van der Waals surface area contributed by atoms with Gasteiger partial charge in [-0.1, -0.05) is 54.1 Å². The number of carbonyl (C=O) groups is 2. The third kappa shape index (κ3) is 5.69. The van der Waals surface area contributed by atoms with Crippen molar-refractivity contribution in [3.8, 4) is 0 Å². The summed E-state index contributed by atoms with van der Waals surface area (Å²) in [5.74, 6) is -1.34. The van der Waals surface area contributed by atoms with Crippen LogP contribution in [0.3, 0.4) is 0 Å². The molecule has 1 amide bonds. The highest BCUT2D eigenvalue weighted by Crippen LogP contribution is 2.29. The van der Waals surface area contributed by atoms with Crippen molar-refractivity contribution in [1.82, 2.24) is 0 Å². The maximum absolute atomic E-state index is 13.0. The first-order chi connectivity index (χ1) is 15.4. The van der Waals surface area contributed by atoms with Gasteiger partial charge in [-0.15, -0.1) is 0 Å². The van der Waals surface area contributed by atoms with Crippen LogP contribution >= 0.6 is 11.6 Å². The Balaban J connectivity index is 1.82. The lowest BCUT2D eigenvalue weighted by Gasteiger charge is -2.18. The van der Waals surface area contributed by atoms with Crippen molar-refractivity contribution in [3.05, 3.63) is 105 Å². The van der Waals surface area contributed by atoms with E-state index < -0.39 is 22.9 Å². The van der Waals surface area contributed by atoms with Gasteiger partial charge in [0.2, 0.25) is 6.10 Å². The molecule has 0 radical (unpaired) electrons. The molecule has 164 valence electrons. The van der Waals surface area contributed by atoms with E-state index >= 15 is 0 Å². The zero-order valence-electron chi connectivity index (χ0n) is 17.0. The van der Waals surface area contributed by atoms with E-state index in [0.717, 1.165) is 11.6 Å². The van der Waals surface area contributed by atoms with E-state index in [9.17, 15) is 19.7 Å². The fourth-order valence-electron chi connectivity index (χ4n) is 2.90. The zero-order chi connectivity index (χ0) is 23.1. The number of rotatable bonds is 8. The summed E-state index contributed by atoms with van der Waals surface area (Å²) in [5.41, 5.74) is 1.55. The standard InChI is InChI=1S/C23H19ClN2O6/c1-31-14-15-7-9-17(10-8-15)23(28)32-21(16-5-3-2-4-6-16)22(27)25-20-12-11-18(26(29)30)13-19(20)24/h2-13,21H,14H2,1H3,(H,25,27). The molecule has 0 saturated heterocycles. The first-order valence-corrected chi connectivity index (χ1v) is 9.85. The number of nitro benzene ring substituents is 1. The predicted molar refractivity (Wildman–Crippen MR) is 118 cm³/mol. The highest BCUT2D eigenvalue weighted by molar-refractivity contribution is 6.34. The second-order valence-electron chi connectivity index (χ2n) is 6.74. The smallest absolute Gasteiger partial charge is 0.339 e. The van der Waals surface area contributed by atoms with Crippen molar-refractivity contribution in [2.24, 2.45) is 0 Å². The normalized spacial score (nSPS) is 11.4. The molecule has 0 aromatic heterocycles. The molecule has 1 atom stereocenters. The first-order valence-electron chi connectivity index (χ1n) is 9.47. The second kappa shape index (κ2) is 10.5. The summed E-state index contributed by atoms with van der Waals surface area (Å²) in [4.78, 5) is 36.0. The van der Waals surface area contributed by atoms with Gasteiger partial charge < -0.3 is 14.8 Å². The Kier molecular flexibility index (Phi) is 7.54. The zero-order valence-corrected chi connectivity index (χ0v) is 17.7. The maximum atomic E-state index is 13.0. The molecule has 32 heavy (non-hydrogen) atoms. The Morgan fingerprint density at radius 1 is 1.06 bits per heavy atom. The van der Waals surface area contributed by atoms with E-state index in [1.165, 1.54) is 12.1 Å². The molecular formula is C23H19ClN2O6. The largest absolute Gasteiger partial charge is 0.444 e. The van der Waals surface area contributed by atoms with Crippen molar-refractivity contribution in [1.29, 1.82) is 0 Å². The highest BCUT2D eigenvalue weighted by Gasteiger charge is 2.26. The van der Waals surface area contributed by atoms with Gasteiger partial charge in [0.05, 0.1) is 27.8 Å². The van der Waals surface area contributed by atoms with Crippen molar-refractivity contribution in [3.63, 3.8) is 0 Å². The topological polar surface area (TPSA) is 108 Å². The highest BCUT2D eigenvalue weighted by atomic mass is 35.5. The SMILES string of the molecule is COCc1ccc(C(=O)OC(C(=O)Nc2ccc([N+](=O)[O-])cc2Cl)c2ccccc2)cc1. The third-order valence-corrected chi connectivity index (χ3v) is 4.80. The fourth-order valence-corrected chi connectivity index (χ4v) is 3.12. The van der Waals surface area contributed by atoms with Gasteiger partial charge in [0.25, 0.3) is 11.6 Å². The molecule has 0 heterocycles. The third-order valence-electron chi connectivity index (χ3n) is 4.49. The molecule has 9 heteroatoms. The van der Waals surface area contributed by atoms with Crippen molar-refractivity contribution in [2.45, 2.75) is 12.7 Å². The van der Waals surface area contributed by atoms with Gasteiger partial charge in [0, 0.05) is 24.8 Å². The van der Waals surface area contributed by atoms with Crippen LogP contribution in [0.15, 0.2) is 72.8 Å². The molecule has 1 unspecified atom stereocenters. The van der Waals surface area contributed by atoms with Gasteiger partial charge in [-0.25, -0.2) is 4.79 Å². The van der Waals surface area contributed by atoms with Crippen LogP contribution in [0.25, 0.3) is 0 Å². The van der Waals surface area contributed by atoms with Crippen molar-refractivity contribution < 1.29 is 24.0 Å². The minimum absolute atomic E-state index is 0.0144. The summed E-state index contributed by atoms with van der Waals surface area (Å²) in [7, 11) is 1.57. The van der Waals surface area contributed by atoms with E-state index in [2.05, 4.69) is 5.32 Å². The molecule has 0 bridgehead atoms. The Bertz CT molecular complexity index is 1120. The Morgan fingerprint density at radius 2 is 1.75 bits per heavy atom. The molecule has 3 aromatic rings. The number of nitrogens with zero attached hydrogens (tertiary/aromatic N) is 1. The number of benzene rings is 3. The number of carbonyl (C=O) groups excluding carboxylic acids is 2. The quantitative estimate of drug-likeness (QED) is 0.293. The summed E-state index contributed by atoms with van der Waals surface area (Å²) >= 11 is 6.07. The number of esters is 1. The van der Waals surface area contributed by atoms with Gasteiger partial charge in [-0.2, -0.15) is 0 Å². The number of amides is 1. The molecule has 0 saturated carbocycles. The summed E-state index contributed by atoms with van der Waals surface area (Å²) < 4.78 is 10.6. The Hall–Kier alpha value is -3.75. The van der Waals surface area contributed by atoms with E-state index in [-0.39, 0.29) is 22.0 Å². The number of anilines is 1. The van der Waals surface area contributed by atoms with Crippen LogP contribution in [0.2, 0.25) is 5.02 Å². The number of hydrogen-bond donors (Lipinski definition) is 1. The summed E-state index contributed by atoms with van der Waals surface area (Å²) in [6.07, 6.45) is -1.27. The van der Waals surface area contributed by atoms with Crippen LogP contribution in [0, 0.1) is 10.1 Å². The van der Waals surface area contributed by atoms with E-state index in [0.29, 0.717) is 12.2 Å². The molecule has 0 fully saturated rings. The average molecular weight is 455 g/mol.